The first-order valence-corrected chi connectivity index (χ1v) is 12.8. The van der Waals surface area contributed by atoms with Crippen molar-refractivity contribution in [1.29, 1.82) is 0 Å². The number of rotatable bonds is 6. The van der Waals surface area contributed by atoms with E-state index in [2.05, 4.69) is 31.0 Å². The number of nitrogens with zero attached hydrogens (tertiary/aromatic N) is 6. The first-order chi connectivity index (χ1) is 18.6. The van der Waals surface area contributed by atoms with E-state index in [1.807, 2.05) is 0 Å². The lowest BCUT2D eigenvalue weighted by molar-refractivity contribution is -0.0368. The fraction of sp³-hybridized carbons (Fsp3) is 0.583. The van der Waals surface area contributed by atoms with E-state index in [0.717, 1.165) is 24.2 Å². The van der Waals surface area contributed by atoms with Gasteiger partial charge in [0.2, 0.25) is 5.92 Å². The van der Waals surface area contributed by atoms with Crippen molar-refractivity contribution in [3.8, 4) is 0 Å². The van der Waals surface area contributed by atoms with Crippen molar-refractivity contribution in [2.75, 3.05) is 13.1 Å². The molecule has 0 atom stereocenters. The van der Waals surface area contributed by atoms with E-state index in [0.29, 0.717) is 35.4 Å². The first-order valence-electron chi connectivity index (χ1n) is 12.8. The zero-order valence-corrected chi connectivity index (χ0v) is 21.0. The second-order valence-electron chi connectivity index (χ2n) is 10.1. The number of amides is 3. The largest absolute Gasteiger partial charge is 0.345 e. The van der Waals surface area contributed by atoms with Gasteiger partial charge in [-0.2, -0.15) is 5.10 Å². The van der Waals surface area contributed by atoms with Gasteiger partial charge in [0.25, 0.3) is 11.8 Å². The molecule has 11 nitrogen and oxygen atoms in total. The molecule has 3 aromatic rings. The summed E-state index contributed by atoms with van der Waals surface area (Å²) >= 11 is 0. The van der Waals surface area contributed by atoms with Gasteiger partial charge in [0.05, 0.1) is 37.7 Å². The summed E-state index contributed by atoms with van der Waals surface area (Å²) in [5.74, 6) is -5.47. The lowest BCUT2D eigenvalue weighted by Crippen LogP contribution is -2.56. The predicted octanol–water partition coefficient (Wildman–Crippen LogP) is 3.67. The summed E-state index contributed by atoms with van der Waals surface area (Å²) in [6.07, 6.45) is 7.72. The SMILES string of the molecule is FC1(F)CCCCC1.O=C(NCc1cn2ncc(CN3CC(F)(F)CNC3=O)cc2n1)c1nonc1C1CC1. The zero-order chi connectivity index (χ0) is 27.6. The standard InChI is InChI=1S/C18H18F2N8O3.C6H10F2/c19-18(20)8-22-17(30)27(9-18)6-10-3-13-24-12(7-28(13)23-4-10)5-21-16(29)15-14(11-1-2-11)25-31-26-15;7-6(8)4-2-1-3-5-6/h3-4,7,11H,1-2,5-6,8-9H2,(H,21,29)(H,22,30);1-5H2. The minimum absolute atomic E-state index is 0.0209. The van der Waals surface area contributed by atoms with Crippen LogP contribution in [-0.2, 0) is 13.1 Å². The van der Waals surface area contributed by atoms with E-state index in [1.165, 1.54) is 10.7 Å². The number of imidazole rings is 1. The Kier molecular flexibility index (Phi) is 7.40. The molecule has 3 fully saturated rings. The van der Waals surface area contributed by atoms with Crippen molar-refractivity contribution in [3.63, 3.8) is 0 Å². The molecule has 4 heterocycles. The molecule has 0 unspecified atom stereocenters. The minimum atomic E-state index is -2.98. The number of halogens is 4. The highest BCUT2D eigenvalue weighted by molar-refractivity contribution is 5.93. The number of hydrogen-bond acceptors (Lipinski definition) is 7. The van der Waals surface area contributed by atoms with E-state index in [9.17, 15) is 27.2 Å². The minimum Gasteiger partial charge on any atom is -0.345 e. The smallest absolute Gasteiger partial charge is 0.318 e. The summed E-state index contributed by atoms with van der Waals surface area (Å²) in [7, 11) is 0. The maximum atomic E-state index is 13.6. The van der Waals surface area contributed by atoms with Crippen LogP contribution in [0.5, 0.6) is 0 Å². The number of aromatic nitrogens is 5. The number of hydrogen-bond donors (Lipinski definition) is 2. The van der Waals surface area contributed by atoms with Crippen molar-refractivity contribution < 1.29 is 31.8 Å². The van der Waals surface area contributed by atoms with E-state index < -0.39 is 36.9 Å². The number of nitrogens with one attached hydrogen (secondary N) is 2. The van der Waals surface area contributed by atoms with Crippen molar-refractivity contribution in [2.24, 2.45) is 0 Å². The van der Waals surface area contributed by atoms with Gasteiger partial charge in [-0.15, -0.1) is 0 Å². The van der Waals surface area contributed by atoms with Crippen LogP contribution < -0.4 is 10.6 Å². The van der Waals surface area contributed by atoms with Gasteiger partial charge in [0, 0.05) is 25.3 Å². The second-order valence-corrected chi connectivity index (χ2v) is 10.1. The lowest BCUT2D eigenvalue weighted by Gasteiger charge is -2.32. The van der Waals surface area contributed by atoms with Crippen molar-refractivity contribution >= 4 is 17.6 Å². The van der Waals surface area contributed by atoms with Crippen LogP contribution in [0.1, 0.15) is 78.3 Å². The van der Waals surface area contributed by atoms with Crippen LogP contribution in [0.3, 0.4) is 0 Å². The van der Waals surface area contributed by atoms with Crippen molar-refractivity contribution in [3.05, 3.63) is 41.1 Å². The van der Waals surface area contributed by atoms with E-state index in [-0.39, 0.29) is 37.5 Å². The van der Waals surface area contributed by atoms with Crippen molar-refractivity contribution in [2.45, 2.75) is 75.8 Å². The third kappa shape index (κ3) is 6.81. The third-order valence-corrected chi connectivity index (χ3v) is 6.72. The summed E-state index contributed by atoms with van der Waals surface area (Å²) in [6.45, 7) is -1.21. The van der Waals surface area contributed by atoms with E-state index in [4.69, 9.17) is 4.63 Å². The predicted molar refractivity (Wildman–Crippen MR) is 127 cm³/mol. The van der Waals surface area contributed by atoms with Gasteiger partial charge >= 0.3 is 6.03 Å². The Morgan fingerprint density at radius 1 is 1.13 bits per heavy atom. The van der Waals surface area contributed by atoms with Gasteiger partial charge in [-0.1, -0.05) is 11.6 Å². The molecule has 0 radical (unpaired) electrons. The summed E-state index contributed by atoms with van der Waals surface area (Å²) in [5.41, 5.74) is 2.33. The number of fused-ring (bicyclic) bond motifs is 1. The molecule has 6 rings (SSSR count). The van der Waals surface area contributed by atoms with Gasteiger partial charge in [-0.3, -0.25) is 4.79 Å². The van der Waals surface area contributed by atoms with Crippen molar-refractivity contribution in [1.82, 2.24) is 40.4 Å². The average molecular weight is 553 g/mol. The fourth-order valence-electron chi connectivity index (χ4n) is 4.51. The molecule has 2 aliphatic carbocycles. The molecule has 3 amide bonds. The first kappa shape index (κ1) is 26.8. The van der Waals surface area contributed by atoms with Crippen LogP contribution in [-0.4, -0.2) is 66.7 Å². The molecule has 0 spiro atoms. The Morgan fingerprint density at radius 3 is 2.59 bits per heavy atom. The van der Waals surface area contributed by atoms with Gasteiger partial charge in [-0.25, -0.2) is 36.5 Å². The molecule has 1 aliphatic heterocycles. The molecule has 2 saturated carbocycles. The van der Waals surface area contributed by atoms with Gasteiger partial charge in [0.1, 0.15) is 5.69 Å². The summed E-state index contributed by atoms with van der Waals surface area (Å²) < 4.78 is 57.8. The summed E-state index contributed by atoms with van der Waals surface area (Å²) in [5, 5.41) is 16.6. The molecule has 210 valence electrons. The number of carbonyl (C=O) groups excluding carboxylic acids is 2. The van der Waals surface area contributed by atoms with Crippen LogP contribution in [0.25, 0.3) is 5.65 Å². The molecular weight excluding hydrogens is 524 g/mol. The molecular formula is C24H28F4N8O3. The number of urea groups is 1. The molecule has 15 heteroatoms. The Balaban J connectivity index is 0.000000332. The highest BCUT2D eigenvalue weighted by Gasteiger charge is 2.39. The molecule has 1 saturated heterocycles. The van der Waals surface area contributed by atoms with Gasteiger partial charge in [-0.05, 0) is 42.5 Å². The highest BCUT2D eigenvalue weighted by Crippen LogP contribution is 2.40. The molecule has 3 aliphatic rings. The highest BCUT2D eigenvalue weighted by atomic mass is 19.3. The van der Waals surface area contributed by atoms with E-state index >= 15 is 0 Å². The summed E-state index contributed by atoms with van der Waals surface area (Å²) in [4.78, 5) is 29.7. The Hall–Kier alpha value is -3.78. The molecule has 39 heavy (non-hydrogen) atoms. The fourth-order valence-corrected chi connectivity index (χ4v) is 4.51. The quantitative estimate of drug-likeness (QED) is 0.446. The monoisotopic (exact) mass is 552 g/mol. The van der Waals surface area contributed by atoms with E-state index in [1.54, 1.807) is 12.3 Å². The Morgan fingerprint density at radius 2 is 1.90 bits per heavy atom. The normalized spacial score (nSPS) is 20.2. The van der Waals surface area contributed by atoms with Gasteiger partial charge < -0.3 is 15.5 Å². The Bertz CT molecular complexity index is 1330. The van der Waals surface area contributed by atoms with Crippen LogP contribution >= 0.6 is 0 Å². The van der Waals surface area contributed by atoms with Crippen LogP contribution in [0.15, 0.2) is 23.1 Å². The number of carbonyl (C=O) groups is 2. The molecule has 2 N–H and O–H groups in total. The maximum Gasteiger partial charge on any atom is 0.318 e. The molecule has 0 bridgehead atoms. The lowest BCUT2D eigenvalue weighted by atomic mass is 9.97. The zero-order valence-electron chi connectivity index (χ0n) is 21.0. The van der Waals surface area contributed by atoms with Gasteiger partial charge in [0.15, 0.2) is 11.3 Å². The topological polar surface area (TPSA) is 131 Å². The molecule has 0 aromatic carbocycles. The van der Waals surface area contributed by atoms with Crippen LogP contribution in [0, 0.1) is 0 Å². The maximum absolute atomic E-state index is 13.6. The Labute approximate surface area is 220 Å². The van der Waals surface area contributed by atoms with Crippen LogP contribution in [0.2, 0.25) is 0 Å². The second kappa shape index (κ2) is 10.8. The number of alkyl halides is 4. The average Bonchev–Trinajstić information content (AvgIpc) is 3.46. The third-order valence-electron chi connectivity index (χ3n) is 6.72. The molecule has 3 aromatic heterocycles. The summed E-state index contributed by atoms with van der Waals surface area (Å²) in [6, 6.07) is 1.11. The van der Waals surface area contributed by atoms with Crippen LogP contribution in [0.4, 0.5) is 22.4 Å².